The minimum absolute atomic E-state index is 0.0209. The summed E-state index contributed by atoms with van der Waals surface area (Å²) in [6, 6.07) is 0. The first kappa shape index (κ1) is 11.2. The molecule has 1 atom stereocenters. The van der Waals surface area contributed by atoms with Gasteiger partial charge in [0, 0.05) is 0 Å². The first-order valence-corrected chi connectivity index (χ1v) is 5.13. The molecule has 0 aromatic carbocycles. The molecule has 0 heterocycles. The van der Waals surface area contributed by atoms with Gasteiger partial charge >= 0.3 is 5.97 Å². The highest BCUT2D eigenvalue weighted by Gasteiger charge is 2.16. The molecule has 11 heavy (non-hydrogen) atoms. The fourth-order valence-corrected chi connectivity index (χ4v) is 1.94. The number of rotatable bonds is 4. The number of halogens is 1. The van der Waals surface area contributed by atoms with Gasteiger partial charge < -0.3 is 4.74 Å². The smallest absolute Gasteiger partial charge is 0.318 e. The summed E-state index contributed by atoms with van der Waals surface area (Å²) in [5.41, 5.74) is 0. The molecule has 0 aliphatic heterocycles. The van der Waals surface area contributed by atoms with E-state index in [1.165, 1.54) is 0 Å². The Balaban J connectivity index is 3.64. The molecule has 0 rings (SSSR count). The van der Waals surface area contributed by atoms with Crippen molar-refractivity contribution in [1.29, 1.82) is 0 Å². The second kappa shape index (κ2) is 5.80. The Hall–Kier alpha value is 0.200. The van der Waals surface area contributed by atoms with Crippen LogP contribution in [0.4, 0.5) is 0 Å². The van der Waals surface area contributed by atoms with E-state index in [1.54, 1.807) is 0 Å². The molecule has 0 aromatic rings. The van der Waals surface area contributed by atoms with Crippen molar-refractivity contribution in [2.75, 3.05) is 6.61 Å². The fraction of sp³-hybridized carbons (Fsp3) is 0.875. The maximum absolute atomic E-state index is 11.0. The molecule has 0 aromatic heterocycles. The summed E-state index contributed by atoms with van der Waals surface area (Å²) < 4.78 is 4.88. The monoisotopic (exact) mass is 270 g/mol. The molecule has 0 amide bonds. The summed E-state index contributed by atoms with van der Waals surface area (Å²) in [4.78, 5) is 11.0. The van der Waals surface area contributed by atoms with E-state index in [9.17, 15) is 4.79 Å². The van der Waals surface area contributed by atoms with Gasteiger partial charge in [-0.05, 0) is 19.3 Å². The van der Waals surface area contributed by atoms with Crippen LogP contribution in [-0.4, -0.2) is 16.5 Å². The zero-order chi connectivity index (χ0) is 8.85. The highest BCUT2D eigenvalue weighted by molar-refractivity contribution is 14.1. The van der Waals surface area contributed by atoms with Gasteiger partial charge in [0.2, 0.25) is 0 Å². The number of hydrogen-bond acceptors (Lipinski definition) is 2. The topological polar surface area (TPSA) is 26.3 Å². The Morgan fingerprint density at radius 3 is 2.45 bits per heavy atom. The molecule has 0 bridgehead atoms. The lowest BCUT2D eigenvalue weighted by Gasteiger charge is -2.10. The first-order valence-electron chi connectivity index (χ1n) is 3.88. The standard InChI is InChI=1S/C8H15IO2/c1-4-11-8(10)7(9)5-6(2)3/h6-7H,4-5H2,1-3H3. The second-order valence-corrected chi connectivity index (χ2v) is 4.35. The van der Waals surface area contributed by atoms with Crippen molar-refractivity contribution in [1.82, 2.24) is 0 Å². The van der Waals surface area contributed by atoms with Crippen molar-refractivity contribution in [2.45, 2.75) is 31.1 Å². The molecule has 66 valence electrons. The van der Waals surface area contributed by atoms with Crippen molar-refractivity contribution in [2.24, 2.45) is 5.92 Å². The zero-order valence-corrected chi connectivity index (χ0v) is 9.42. The summed E-state index contributed by atoms with van der Waals surface area (Å²) >= 11 is 2.13. The third kappa shape index (κ3) is 5.47. The molecular formula is C8H15IO2. The minimum atomic E-state index is -0.0817. The summed E-state index contributed by atoms with van der Waals surface area (Å²) in [7, 11) is 0. The van der Waals surface area contributed by atoms with Gasteiger partial charge in [-0.25, -0.2) is 0 Å². The van der Waals surface area contributed by atoms with Gasteiger partial charge in [-0.3, -0.25) is 4.79 Å². The van der Waals surface area contributed by atoms with Crippen LogP contribution in [0.15, 0.2) is 0 Å². The molecule has 1 unspecified atom stereocenters. The van der Waals surface area contributed by atoms with E-state index in [2.05, 4.69) is 36.4 Å². The van der Waals surface area contributed by atoms with E-state index < -0.39 is 0 Å². The van der Waals surface area contributed by atoms with E-state index in [0.29, 0.717) is 12.5 Å². The highest BCUT2D eigenvalue weighted by Crippen LogP contribution is 2.14. The third-order valence-corrected chi connectivity index (χ3v) is 2.24. The number of ether oxygens (including phenoxy) is 1. The van der Waals surface area contributed by atoms with E-state index in [1.807, 2.05) is 6.92 Å². The van der Waals surface area contributed by atoms with Gasteiger partial charge in [-0.15, -0.1) is 0 Å². The Labute approximate surface area is 81.8 Å². The molecule has 0 N–H and O–H groups in total. The van der Waals surface area contributed by atoms with Crippen LogP contribution in [0.2, 0.25) is 0 Å². The maximum atomic E-state index is 11.0. The Morgan fingerprint density at radius 1 is 1.55 bits per heavy atom. The molecule has 0 saturated carbocycles. The van der Waals surface area contributed by atoms with Gasteiger partial charge in [0.05, 0.1) is 6.61 Å². The lowest BCUT2D eigenvalue weighted by atomic mass is 10.1. The van der Waals surface area contributed by atoms with E-state index in [-0.39, 0.29) is 9.89 Å². The number of carbonyl (C=O) groups excluding carboxylic acids is 1. The van der Waals surface area contributed by atoms with Gasteiger partial charge in [-0.2, -0.15) is 0 Å². The van der Waals surface area contributed by atoms with Gasteiger partial charge in [-0.1, -0.05) is 36.4 Å². The number of alkyl halides is 1. The third-order valence-electron chi connectivity index (χ3n) is 1.22. The molecule has 3 heteroatoms. The largest absolute Gasteiger partial charge is 0.465 e. The molecule has 0 aliphatic rings. The van der Waals surface area contributed by atoms with Crippen molar-refractivity contribution in [3.63, 3.8) is 0 Å². The molecule has 0 aliphatic carbocycles. The Bertz CT molecular complexity index is 123. The molecule has 0 fully saturated rings. The van der Waals surface area contributed by atoms with Gasteiger partial charge in [0.25, 0.3) is 0 Å². The van der Waals surface area contributed by atoms with Crippen LogP contribution in [0.25, 0.3) is 0 Å². The SMILES string of the molecule is CCOC(=O)C(I)CC(C)C. The van der Waals surface area contributed by atoms with Crippen LogP contribution in [0.5, 0.6) is 0 Å². The molecule has 0 radical (unpaired) electrons. The summed E-state index contributed by atoms with van der Waals surface area (Å²) in [6.45, 7) is 6.52. The maximum Gasteiger partial charge on any atom is 0.318 e. The minimum Gasteiger partial charge on any atom is -0.465 e. The van der Waals surface area contributed by atoms with E-state index >= 15 is 0 Å². The normalized spacial score (nSPS) is 13.2. The van der Waals surface area contributed by atoms with Crippen LogP contribution < -0.4 is 0 Å². The Kier molecular flexibility index (Phi) is 5.91. The molecule has 0 saturated heterocycles. The average molecular weight is 270 g/mol. The van der Waals surface area contributed by atoms with Crippen LogP contribution in [0.1, 0.15) is 27.2 Å². The van der Waals surface area contributed by atoms with Gasteiger partial charge in [0.1, 0.15) is 3.92 Å². The first-order chi connectivity index (χ1) is 5.07. The van der Waals surface area contributed by atoms with Crippen LogP contribution in [0.3, 0.4) is 0 Å². The highest BCUT2D eigenvalue weighted by atomic mass is 127. The van der Waals surface area contributed by atoms with Crippen molar-refractivity contribution in [3.05, 3.63) is 0 Å². The van der Waals surface area contributed by atoms with Crippen molar-refractivity contribution < 1.29 is 9.53 Å². The van der Waals surface area contributed by atoms with Crippen LogP contribution >= 0.6 is 22.6 Å². The van der Waals surface area contributed by atoms with Crippen molar-refractivity contribution in [3.8, 4) is 0 Å². The van der Waals surface area contributed by atoms with Crippen LogP contribution in [-0.2, 0) is 9.53 Å². The average Bonchev–Trinajstić information content (AvgIpc) is 1.86. The van der Waals surface area contributed by atoms with Gasteiger partial charge in [0.15, 0.2) is 0 Å². The van der Waals surface area contributed by atoms with E-state index in [4.69, 9.17) is 4.74 Å². The van der Waals surface area contributed by atoms with Crippen molar-refractivity contribution >= 4 is 28.6 Å². The molecule has 0 spiro atoms. The Morgan fingerprint density at radius 2 is 2.09 bits per heavy atom. The number of esters is 1. The molecular weight excluding hydrogens is 255 g/mol. The molecule has 2 nitrogen and oxygen atoms in total. The summed E-state index contributed by atoms with van der Waals surface area (Å²) in [6.07, 6.45) is 0.902. The quantitative estimate of drug-likeness (QED) is 0.445. The fourth-order valence-electron chi connectivity index (χ4n) is 0.743. The summed E-state index contributed by atoms with van der Waals surface area (Å²) in [5.74, 6) is 0.475. The summed E-state index contributed by atoms with van der Waals surface area (Å²) in [5, 5.41) is 0. The lowest BCUT2D eigenvalue weighted by molar-refractivity contribution is -0.142. The van der Waals surface area contributed by atoms with E-state index in [0.717, 1.165) is 6.42 Å². The second-order valence-electron chi connectivity index (χ2n) is 2.85. The lowest BCUT2D eigenvalue weighted by Crippen LogP contribution is -2.18. The number of hydrogen-bond donors (Lipinski definition) is 0. The predicted molar refractivity (Wildman–Crippen MR) is 53.9 cm³/mol. The zero-order valence-electron chi connectivity index (χ0n) is 7.26. The van der Waals surface area contributed by atoms with Crippen LogP contribution in [0, 0.1) is 5.92 Å². The predicted octanol–water partition coefficient (Wildman–Crippen LogP) is 2.40. The number of carbonyl (C=O) groups is 1.